The summed E-state index contributed by atoms with van der Waals surface area (Å²) in [5.74, 6) is 0.563. The van der Waals surface area contributed by atoms with E-state index in [1.807, 2.05) is 13.8 Å². The molecular weight excluding hydrogens is 256 g/mol. The minimum atomic E-state index is -0.413. The number of hydrogen-bond acceptors (Lipinski definition) is 4. The molecule has 1 heterocycles. The van der Waals surface area contributed by atoms with Gasteiger partial charge in [-0.25, -0.2) is 4.79 Å². The Morgan fingerprint density at radius 1 is 1.35 bits per heavy atom. The Balaban J connectivity index is 2.35. The zero-order chi connectivity index (χ0) is 15.1. The second-order valence-electron chi connectivity index (χ2n) is 6.11. The van der Waals surface area contributed by atoms with Gasteiger partial charge >= 0.3 is 6.03 Å². The zero-order valence-electron chi connectivity index (χ0n) is 12.8. The quantitative estimate of drug-likeness (QED) is 0.687. The summed E-state index contributed by atoms with van der Waals surface area (Å²) in [6.07, 6.45) is 2.17. The molecule has 6 heteroatoms. The van der Waals surface area contributed by atoms with Gasteiger partial charge in [-0.15, -0.1) is 0 Å². The van der Waals surface area contributed by atoms with Crippen molar-refractivity contribution in [3.05, 3.63) is 0 Å². The third kappa shape index (κ3) is 5.88. The van der Waals surface area contributed by atoms with E-state index >= 15 is 0 Å². The molecule has 1 saturated heterocycles. The lowest BCUT2D eigenvalue weighted by molar-refractivity contribution is -0.122. The fourth-order valence-corrected chi connectivity index (χ4v) is 2.37. The number of rotatable bonds is 5. The average Bonchev–Trinajstić information content (AvgIpc) is 2.39. The Kier molecular flexibility index (Phi) is 6.95. The monoisotopic (exact) mass is 284 g/mol. The molecule has 1 rings (SSSR count). The molecule has 1 aliphatic rings. The molecular formula is C14H28N4O2. The van der Waals surface area contributed by atoms with Gasteiger partial charge in [0.2, 0.25) is 5.91 Å². The van der Waals surface area contributed by atoms with E-state index in [9.17, 15) is 9.59 Å². The fourth-order valence-electron chi connectivity index (χ4n) is 2.37. The van der Waals surface area contributed by atoms with E-state index in [-0.39, 0.29) is 12.5 Å². The number of carbonyl (C=O) groups excluding carboxylic acids is 2. The number of piperidine rings is 1. The first-order valence-corrected chi connectivity index (χ1v) is 7.44. The Bertz CT molecular complexity index is 333. The van der Waals surface area contributed by atoms with Crippen molar-refractivity contribution in [1.29, 1.82) is 0 Å². The fraction of sp³-hybridized carbons (Fsp3) is 0.857. The molecule has 2 atom stereocenters. The van der Waals surface area contributed by atoms with Gasteiger partial charge in [-0.3, -0.25) is 15.0 Å². The Morgan fingerprint density at radius 3 is 2.65 bits per heavy atom. The number of likely N-dealkylation sites (tertiary alicyclic amines) is 1. The first-order valence-electron chi connectivity index (χ1n) is 7.44. The average molecular weight is 284 g/mol. The lowest BCUT2D eigenvalue weighted by Crippen LogP contribution is -2.50. The normalized spacial score (nSPS) is 23.6. The molecule has 0 saturated carbocycles. The van der Waals surface area contributed by atoms with Crippen molar-refractivity contribution in [2.24, 2.45) is 17.6 Å². The van der Waals surface area contributed by atoms with Gasteiger partial charge in [-0.1, -0.05) is 13.8 Å². The maximum Gasteiger partial charge on any atom is 0.321 e. The van der Waals surface area contributed by atoms with Crippen LogP contribution in [0.25, 0.3) is 0 Å². The highest BCUT2D eigenvalue weighted by Gasteiger charge is 2.26. The van der Waals surface area contributed by atoms with Crippen LogP contribution in [0.15, 0.2) is 0 Å². The van der Waals surface area contributed by atoms with Crippen LogP contribution >= 0.6 is 0 Å². The molecule has 6 nitrogen and oxygen atoms in total. The van der Waals surface area contributed by atoms with E-state index in [1.54, 1.807) is 0 Å². The van der Waals surface area contributed by atoms with Crippen LogP contribution in [0, 0.1) is 11.8 Å². The van der Waals surface area contributed by atoms with Crippen LogP contribution in [0.1, 0.15) is 33.6 Å². The van der Waals surface area contributed by atoms with Gasteiger partial charge in [-0.2, -0.15) is 0 Å². The summed E-state index contributed by atoms with van der Waals surface area (Å²) in [6, 6.07) is -0.0500. The standard InChI is InChI=1S/C14H28N4O2/c1-10(2)7-16-14(20)17-13(19)9-18-8-12(6-15)5-4-11(18)3/h10-12H,4-9,15H2,1-3H3,(H2,16,17,19,20). The van der Waals surface area contributed by atoms with Crippen molar-refractivity contribution in [2.75, 3.05) is 26.2 Å². The predicted molar refractivity (Wildman–Crippen MR) is 79.2 cm³/mol. The van der Waals surface area contributed by atoms with Crippen molar-refractivity contribution < 1.29 is 9.59 Å². The molecule has 3 amide bonds. The van der Waals surface area contributed by atoms with E-state index in [1.165, 1.54) is 0 Å². The van der Waals surface area contributed by atoms with Gasteiger partial charge in [-0.05, 0) is 38.1 Å². The molecule has 0 aliphatic carbocycles. The van der Waals surface area contributed by atoms with Gasteiger partial charge in [0, 0.05) is 19.1 Å². The smallest absolute Gasteiger partial charge is 0.321 e. The summed E-state index contributed by atoms with van der Waals surface area (Å²) in [7, 11) is 0. The van der Waals surface area contributed by atoms with Crippen LogP contribution in [0.3, 0.4) is 0 Å². The zero-order valence-corrected chi connectivity index (χ0v) is 12.8. The lowest BCUT2D eigenvalue weighted by Gasteiger charge is -2.37. The number of amides is 3. The number of carbonyl (C=O) groups is 2. The number of urea groups is 1. The van der Waals surface area contributed by atoms with Gasteiger partial charge in [0.05, 0.1) is 6.54 Å². The van der Waals surface area contributed by atoms with Crippen molar-refractivity contribution in [1.82, 2.24) is 15.5 Å². The highest BCUT2D eigenvalue weighted by Crippen LogP contribution is 2.20. The van der Waals surface area contributed by atoms with Crippen LogP contribution in [0.4, 0.5) is 4.79 Å². The minimum absolute atomic E-state index is 0.254. The number of nitrogens with zero attached hydrogens (tertiary/aromatic N) is 1. The van der Waals surface area contributed by atoms with Crippen LogP contribution < -0.4 is 16.4 Å². The van der Waals surface area contributed by atoms with Gasteiger partial charge in [0.1, 0.15) is 0 Å². The number of imide groups is 1. The summed E-state index contributed by atoms with van der Waals surface area (Å²) in [5, 5.41) is 5.05. The third-order valence-corrected chi connectivity index (χ3v) is 3.71. The summed E-state index contributed by atoms with van der Waals surface area (Å²) < 4.78 is 0. The molecule has 2 unspecified atom stereocenters. The summed E-state index contributed by atoms with van der Waals surface area (Å²) in [4.78, 5) is 25.5. The van der Waals surface area contributed by atoms with Gasteiger partial charge in [0.15, 0.2) is 0 Å². The Morgan fingerprint density at radius 2 is 2.05 bits per heavy atom. The molecule has 0 aromatic rings. The summed E-state index contributed by atoms with van der Waals surface area (Å²) in [5.41, 5.74) is 5.70. The molecule has 0 aromatic carbocycles. The SMILES string of the molecule is CC(C)CNC(=O)NC(=O)CN1CC(CN)CCC1C. The van der Waals surface area contributed by atoms with E-state index < -0.39 is 6.03 Å². The maximum absolute atomic E-state index is 11.9. The lowest BCUT2D eigenvalue weighted by atomic mass is 9.93. The largest absolute Gasteiger partial charge is 0.338 e. The van der Waals surface area contributed by atoms with E-state index in [0.29, 0.717) is 31.0 Å². The molecule has 0 bridgehead atoms. The van der Waals surface area contributed by atoms with Crippen LogP contribution in [0.5, 0.6) is 0 Å². The third-order valence-electron chi connectivity index (χ3n) is 3.71. The van der Waals surface area contributed by atoms with Crippen molar-refractivity contribution in [2.45, 2.75) is 39.7 Å². The molecule has 0 radical (unpaired) electrons. The van der Waals surface area contributed by atoms with Gasteiger partial charge in [0.25, 0.3) is 0 Å². The topological polar surface area (TPSA) is 87.5 Å². The van der Waals surface area contributed by atoms with Crippen LogP contribution in [0.2, 0.25) is 0 Å². The first kappa shape index (κ1) is 16.9. The highest BCUT2D eigenvalue weighted by molar-refractivity contribution is 5.95. The molecule has 0 spiro atoms. The van der Waals surface area contributed by atoms with Crippen LogP contribution in [-0.4, -0.2) is 49.1 Å². The number of nitrogens with two attached hydrogens (primary N) is 1. The van der Waals surface area contributed by atoms with Crippen molar-refractivity contribution in [3.63, 3.8) is 0 Å². The first-order chi connectivity index (χ1) is 9.42. The minimum Gasteiger partial charge on any atom is -0.338 e. The van der Waals surface area contributed by atoms with Crippen molar-refractivity contribution >= 4 is 11.9 Å². The second kappa shape index (κ2) is 8.21. The Labute approximate surface area is 121 Å². The van der Waals surface area contributed by atoms with Crippen molar-refractivity contribution in [3.8, 4) is 0 Å². The van der Waals surface area contributed by atoms with E-state index in [4.69, 9.17) is 5.73 Å². The van der Waals surface area contributed by atoms with Gasteiger partial charge < -0.3 is 11.1 Å². The van der Waals surface area contributed by atoms with E-state index in [2.05, 4.69) is 22.5 Å². The molecule has 1 fully saturated rings. The molecule has 4 N–H and O–H groups in total. The highest BCUT2D eigenvalue weighted by atomic mass is 16.2. The molecule has 116 valence electrons. The van der Waals surface area contributed by atoms with E-state index in [0.717, 1.165) is 19.4 Å². The molecule has 20 heavy (non-hydrogen) atoms. The predicted octanol–water partition coefficient (Wildman–Crippen LogP) is 0.527. The molecule has 1 aliphatic heterocycles. The summed E-state index contributed by atoms with van der Waals surface area (Å²) in [6.45, 7) is 8.42. The number of hydrogen-bond donors (Lipinski definition) is 3. The Hall–Kier alpha value is -1.14. The van der Waals surface area contributed by atoms with Crippen LogP contribution in [-0.2, 0) is 4.79 Å². The number of nitrogens with one attached hydrogen (secondary N) is 2. The molecule has 0 aromatic heterocycles. The second-order valence-corrected chi connectivity index (χ2v) is 6.11. The summed E-state index contributed by atoms with van der Waals surface area (Å²) >= 11 is 0. The maximum atomic E-state index is 11.9.